The zero-order chi connectivity index (χ0) is 17.0. The predicted molar refractivity (Wildman–Crippen MR) is 90.5 cm³/mol. The number of hydrogen-bond donors (Lipinski definition) is 0. The van der Waals surface area contributed by atoms with Crippen molar-refractivity contribution in [1.82, 2.24) is 0 Å². The molecule has 1 spiro atoms. The molecule has 1 saturated heterocycles. The standard InChI is InChI=1S/C21H25NO3/c1-22(11-12-2-3-12)9-8-21-14-5-7-17(24)20(21)25-19-16(23)6-4-13(18(19)21)10-15(14)22/h4,6,12,14-15,20H,2-3,5,7-11H2,1H3/t14-,15-,20?,21+,22+/m1/s1. The van der Waals surface area contributed by atoms with Crippen LogP contribution in [-0.4, -0.2) is 42.5 Å². The van der Waals surface area contributed by atoms with Gasteiger partial charge in [-0.1, -0.05) is 17.9 Å². The molecule has 2 saturated carbocycles. The van der Waals surface area contributed by atoms with Crippen LogP contribution >= 0.6 is 0 Å². The quantitative estimate of drug-likeness (QED) is 0.774. The van der Waals surface area contributed by atoms with Gasteiger partial charge in [-0.25, -0.2) is 0 Å². The molecule has 5 atom stereocenters. The van der Waals surface area contributed by atoms with Crippen LogP contribution in [0.1, 0.15) is 43.2 Å². The van der Waals surface area contributed by atoms with Gasteiger partial charge >= 0.3 is 0 Å². The summed E-state index contributed by atoms with van der Waals surface area (Å²) >= 11 is 0. The number of benzene rings is 1. The highest BCUT2D eigenvalue weighted by Gasteiger charge is 2.68. The van der Waals surface area contributed by atoms with E-state index in [2.05, 4.69) is 7.05 Å². The summed E-state index contributed by atoms with van der Waals surface area (Å²) in [5.74, 6) is 2.09. The van der Waals surface area contributed by atoms with E-state index < -0.39 is 6.10 Å². The van der Waals surface area contributed by atoms with Crippen LogP contribution in [-0.2, 0) is 16.6 Å². The van der Waals surface area contributed by atoms with E-state index in [1.807, 2.05) is 6.07 Å². The number of Topliss-reactive ketones (excluding diaryl/α,β-unsaturated/α-hetero) is 1. The van der Waals surface area contributed by atoms with E-state index in [0.29, 0.717) is 24.1 Å². The maximum atomic E-state index is 12.7. The van der Waals surface area contributed by atoms with Crippen molar-refractivity contribution in [3.63, 3.8) is 0 Å². The van der Waals surface area contributed by atoms with Crippen molar-refractivity contribution in [3.05, 3.63) is 23.3 Å². The molecular formula is C21H25NO3. The molecule has 3 aliphatic carbocycles. The van der Waals surface area contributed by atoms with Gasteiger partial charge in [0.25, 0.3) is 0 Å². The lowest BCUT2D eigenvalue weighted by atomic mass is 9.51. The first-order chi connectivity index (χ1) is 12.0. The van der Waals surface area contributed by atoms with Crippen LogP contribution < -0.4 is 9.84 Å². The van der Waals surface area contributed by atoms with Gasteiger partial charge in [0.15, 0.2) is 11.9 Å². The molecule has 2 heterocycles. The monoisotopic (exact) mass is 339 g/mol. The van der Waals surface area contributed by atoms with Crippen LogP contribution in [0.25, 0.3) is 0 Å². The van der Waals surface area contributed by atoms with Gasteiger partial charge in [-0.05, 0) is 24.8 Å². The number of carbonyl (C=O) groups excluding carboxylic acids is 1. The Morgan fingerprint density at radius 2 is 2.16 bits per heavy atom. The summed E-state index contributed by atoms with van der Waals surface area (Å²) in [7, 11) is 2.45. The Kier molecular flexibility index (Phi) is 2.57. The van der Waals surface area contributed by atoms with Gasteiger partial charge in [-0.15, -0.1) is 0 Å². The maximum absolute atomic E-state index is 12.7. The number of ketones is 1. The third-order valence-corrected chi connectivity index (χ3v) is 8.14. The molecule has 0 radical (unpaired) electrons. The van der Waals surface area contributed by atoms with Crippen LogP contribution in [0, 0.1) is 11.8 Å². The first-order valence-corrected chi connectivity index (χ1v) is 9.90. The summed E-state index contributed by atoms with van der Waals surface area (Å²) in [4.78, 5) is 12.7. The Hall–Kier alpha value is -1.55. The fourth-order valence-corrected chi connectivity index (χ4v) is 6.90. The predicted octanol–water partition coefficient (Wildman–Crippen LogP) is 1.92. The fraction of sp³-hybridized carbons (Fsp3) is 0.667. The summed E-state index contributed by atoms with van der Waals surface area (Å²) in [6.45, 7) is 2.41. The van der Waals surface area contributed by atoms with Crippen molar-refractivity contribution < 1.29 is 19.1 Å². The van der Waals surface area contributed by atoms with Crippen molar-refractivity contribution in [3.8, 4) is 11.5 Å². The van der Waals surface area contributed by atoms with Crippen molar-refractivity contribution in [2.45, 2.75) is 56.1 Å². The average molecular weight is 339 g/mol. The summed E-state index contributed by atoms with van der Waals surface area (Å²) in [5, 5.41) is 12.4. The number of ether oxygens (including phenoxy) is 1. The molecule has 6 rings (SSSR count). The molecule has 5 aliphatic rings. The Balaban J connectivity index is 1.56. The van der Waals surface area contributed by atoms with E-state index in [1.54, 1.807) is 6.07 Å². The van der Waals surface area contributed by atoms with Gasteiger partial charge < -0.3 is 14.3 Å². The highest BCUT2D eigenvalue weighted by Crippen LogP contribution is 2.64. The number of piperidine rings is 1. The van der Waals surface area contributed by atoms with Gasteiger partial charge in [0.05, 0.1) is 31.6 Å². The maximum Gasteiger partial charge on any atom is 0.174 e. The second-order valence-corrected chi connectivity index (χ2v) is 9.43. The minimum atomic E-state index is -0.396. The Morgan fingerprint density at radius 1 is 1.32 bits per heavy atom. The Morgan fingerprint density at radius 3 is 2.96 bits per heavy atom. The molecule has 25 heavy (non-hydrogen) atoms. The van der Waals surface area contributed by atoms with Gasteiger partial charge in [-0.3, -0.25) is 4.79 Å². The van der Waals surface area contributed by atoms with Gasteiger partial charge in [0.1, 0.15) is 5.75 Å². The highest BCUT2D eigenvalue weighted by molar-refractivity contribution is 5.89. The fourth-order valence-electron chi connectivity index (χ4n) is 6.90. The molecule has 1 unspecified atom stereocenters. The second-order valence-electron chi connectivity index (χ2n) is 9.43. The number of carbonyl (C=O) groups is 1. The SMILES string of the molecule is C[N@@+]1(CC2CC2)CC[C@]23c4c5ccc([O-])c4OC2C(=O)CC[C@@H]3[C@H]1C5. The lowest BCUT2D eigenvalue weighted by Crippen LogP contribution is -2.72. The molecule has 2 bridgehead atoms. The normalized spacial score (nSPS) is 43.6. The zero-order valence-electron chi connectivity index (χ0n) is 14.8. The molecule has 3 fully saturated rings. The molecule has 2 aliphatic heterocycles. The summed E-state index contributed by atoms with van der Waals surface area (Å²) in [5.41, 5.74) is 2.22. The van der Waals surface area contributed by atoms with Gasteiger partial charge in [0.2, 0.25) is 0 Å². The van der Waals surface area contributed by atoms with Crippen molar-refractivity contribution in [2.24, 2.45) is 11.8 Å². The molecule has 0 amide bonds. The summed E-state index contributed by atoms with van der Waals surface area (Å²) in [6, 6.07) is 4.27. The molecule has 0 aromatic heterocycles. The number of rotatable bonds is 2. The lowest BCUT2D eigenvalue weighted by molar-refractivity contribution is -0.946. The molecule has 1 aromatic rings. The van der Waals surface area contributed by atoms with E-state index in [0.717, 1.165) is 41.8 Å². The van der Waals surface area contributed by atoms with E-state index in [4.69, 9.17) is 4.74 Å². The average Bonchev–Trinajstić information content (AvgIpc) is 3.32. The van der Waals surface area contributed by atoms with Crippen LogP contribution in [0.2, 0.25) is 0 Å². The number of quaternary nitrogens is 1. The van der Waals surface area contributed by atoms with Crippen LogP contribution in [0.4, 0.5) is 0 Å². The van der Waals surface area contributed by atoms with E-state index in [-0.39, 0.29) is 16.9 Å². The topological polar surface area (TPSA) is 49.4 Å². The number of hydrogen-bond acceptors (Lipinski definition) is 3. The highest BCUT2D eigenvalue weighted by atomic mass is 16.5. The van der Waals surface area contributed by atoms with E-state index >= 15 is 0 Å². The molecule has 1 aromatic carbocycles. The Labute approximate surface area is 148 Å². The summed E-state index contributed by atoms with van der Waals surface area (Å²) in [6.07, 6.45) is 6.02. The molecule has 4 heteroatoms. The van der Waals surface area contributed by atoms with Crippen LogP contribution in [0.3, 0.4) is 0 Å². The van der Waals surface area contributed by atoms with Crippen LogP contribution in [0.15, 0.2) is 12.1 Å². The Bertz CT molecular complexity index is 801. The van der Waals surface area contributed by atoms with Gasteiger partial charge in [0, 0.05) is 36.7 Å². The molecule has 4 nitrogen and oxygen atoms in total. The largest absolute Gasteiger partial charge is 0.870 e. The number of nitrogens with zero attached hydrogens (tertiary/aromatic N) is 1. The first kappa shape index (κ1) is 14.6. The smallest absolute Gasteiger partial charge is 0.174 e. The minimum Gasteiger partial charge on any atom is -0.870 e. The van der Waals surface area contributed by atoms with Crippen molar-refractivity contribution in [2.75, 3.05) is 20.1 Å². The molecule has 132 valence electrons. The minimum absolute atomic E-state index is 0.0340. The number of likely N-dealkylation sites (N-methyl/N-ethyl adjacent to an activating group) is 1. The molecule has 0 N–H and O–H groups in total. The molecular weight excluding hydrogens is 314 g/mol. The van der Waals surface area contributed by atoms with Crippen molar-refractivity contribution >= 4 is 5.78 Å². The lowest BCUT2D eigenvalue weighted by Gasteiger charge is -2.60. The summed E-state index contributed by atoms with van der Waals surface area (Å²) < 4.78 is 7.27. The first-order valence-electron chi connectivity index (χ1n) is 9.90. The third-order valence-electron chi connectivity index (χ3n) is 8.14. The van der Waals surface area contributed by atoms with Crippen LogP contribution in [0.5, 0.6) is 11.5 Å². The van der Waals surface area contributed by atoms with Crippen molar-refractivity contribution in [1.29, 1.82) is 0 Å². The number of likely N-dealkylation sites (tertiary alicyclic amines) is 1. The van der Waals surface area contributed by atoms with Gasteiger partial charge in [-0.2, -0.15) is 0 Å². The van der Waals surface area contributed by atoms with E-state index in [9.17, 15) is 9.90 Å². The third kappa shape index (κ3) is 1.65. The zero-order valence-corrected chi connectivity index (χ0v) is 14.8. The second kappa shape index (κ2) is 4.40. The van der Waals surface area contributed by atoms with E-state index in [1.165, 1.54) is 24.9 Å².